The van der Waals surface area contributed by atoms with Crippen LogP contribution in [0.2, 0.25) is 0 Å². The summed E-state index contributed by atoms with van der Waals surface area (Å²) in [5.41, 5.74) is 23.9. The van der Waals surface area contributed by atoms with Crippen molar-refractivity contribution in [2.24, 2.45) is 27.9 Å². The Morgan fingerprint density at radius 2 is 1.42 bits per heavy atom. The molecule has 0 saturated heterocycles. The Morgan fingerprint density at radius 3 is 1.98 bits per heavy atom. The van der Waals surface area contributed by atoms with Gasteiger partial charge in [-0.25, -0.2) is 0 Å². The molecule has 0 aromatic heterocycles. The molecule has 0 heterocycles. The fraction of sp³-hybridized carbons (Fsp3) is 0.281. The van der Waals surface area contributed by atoms with Gasteiger partial charge in [0.05, 0.1) is 5.41 Å². The second kappa shape index (κ2) is 15.2. The first-order valence-electron chi connectivity index (χ1n) is 14.0. The van der Waals surface area contributed by atoms with Crippen LogP contribution in [0.3, 0.4) is 0 Å². The first kappa shape index (κ1) is 32.3. The van der Waals surface area contributed by atoms with Crippen molar-refractivity contribution in [2.75, 3.05) is 6.54 Å². The van der Waals surface area contributed by atoms with E-state index in [-0.39, 0.29) is 37.1 Å². The Labute approximate surface area is 251 Å². The number of guanidine groups is 1. The molecule has 0 aliphatic carbocycles. The van der Waals surface area contributed by atoms with Crippen LogP contribution in [0, 0.1) is 5.41 Å². The minimum absolute atomic E-state index is 0.0459. The first-order chi connectivity index (χ1) is 20.5. The summed E-state index contributed by atoms with van der Waals surface area (Å²) in [6.07, 6.45) is 1.14. The number of hydrogen-bond donors (Lipinski definition) is 7. The maximum Gasteiger partial charge on any atom is 0.243 e. The Kier molecular flexibility index (Phi) is 11.4. The van der Waals surface area contributed by atoms with Crippen LogP contribution in [-0.2, 0) is 32.6 Å². The third-order valence-electron chi connectivity index (χ3n) is 7.24. The zero-order valence-electron chi connectivity index (χ0n) is 24.3. The van der Waals surface area contributed by atoms with Gasteiger partial charge in [0.2, 0.25) is 17.7 Å². The molecule has 3 aromatic carbocycles. The summed E-state index contributed by atoms with van der Waals surface area (Å²) in [5.74, 6) is -1.72. The molecule has 11 N–H and O–H groups in total. The minimum atomic E-state index is -1.07. The third kappa shape index (κ3) is 9.42. The monoisotopic (exact) mass is 584 g/mol. The molecule has 11 heteroatoms. The Balaban J connectivity index is 1.89. The van der Waals surface area contributed by atoms with Crippen LogP contribution >= 0.6 is 0 Å². The lowest BCUT2D eigenvalue weighted by molar-refractivity contribution is -0.133. The highest BCUT2D eigenvalue weighted by Crippen LogP contribution is 2.29. The molecule has 11 nitrogen and oxygen atoms in total. The van der Waals surface area contributed by atoms with E-state index in [1.165, 1.54) is 0 Å². The number of benzene rings is 3. The summed E-state index contributed by atoms with van der Waals surface area (Å²) in [4.78, 5) is 43.9. The SMILES string of the molecule is C[C@](Cc1ccc(C(=N)N)cc1)(C(=O)N[C@@H](Cc1ccccc1)C(=O)N[C@@H](CCCN=C(N)N)C(N)=O)c1ccccc1. The number of nitrogen functional groups attached to an aromatic ring is 1. The quantitative estimate of drug-likeness (QED) is 0.0791. The van der Waals surface area contributed by atoms with Gasteiger partial charge in [0.1, 0.15) is 17.9 Å². The molecule has 3 aromatic rings. The van der Waals surface area contributed by atoms with Gasteiger partial charge in [0.25, 0.3) is 0 Å². The van der Waals surface area contributed by atoms with Crippen LogP contribution < -0.4 is 33.6 Å². The van der Waals surface area contributed by atoms with Crippen molar-refractivity contribution in [3.05, 3.63) is 107 Å². The third-order valence-corrected chi connectivity index (χ3v) is 7.24. The zero-order valence-corrected chi connectivity index (χ0v) is 24.3. The number of rotatable bonds is 15. The Morgan fingerprint density at radius 1 is 0.814 bits per heavy atom. The molecule has 0 unspecified atom stereocenters. The minimum Gasteiger partial charge on any atom is -0.384 e. The van der Waals surface area contributed by atoms with Gasteiger partial charge in [-0.15, -0.1) is 0 Å². The number of nitrogens with zero attached hydrogens (tertiary/aromatic N) is 1. The fourth-order valence-electron chi connectivity index (χ4n) is 4.77. The van der Waals surface area contributed by atoms with Gasteiger partial charge in [0, 0.05) is 18.5 Å². The highest BCUT2D eigenvalue weighted by Gasteiger charge is 2.38. The summed E-state index contributed by atoms with van der Waals surface area (Å²) in [6, 6.07) is 23.8. The van der Waals surface area contributed by atoms with Crippen LogP contribution in [0.15, 0.2) is 89.9 Å². The Bertz CT molecular complexity index is 1420. The molecule has 3 rings (SSSR count). The number of nitrogens with one attached hydrogen (secondary N) is 3. The van der Waals surface area contributed by atoms with E-state index in [4.69, 9.17) is 28.3 Å². The predicted octanol–water partition coefficient (Wildman–Crippen LogP) is 1.22. The number of carbonyl (C=O) groups is 3. The smallest absolute Gasteiger partial charge is 0.243 e. The van der Waals surface area contributed by atoms with Gasteiger partial charge in [0.15, 0.2) is 5.96 Å². The van der Waals surface area contributed by atoms with E-state index in [1.54, 1.807) is 12.1 Å². The van der Waals surface area contributed by atoms with Crippen molar-refractivity contribution in [3.63, 3.8) is 0 Å². The molecular weight excluding hydrogens is 544 g/mol. The lowest BCUT2D eigenvalue weighted by Crippen LogP contribution is -2.56. The molecular formula is C32H40N8O3. The van der Waals surface area contributed by atoms with Gasteiger partial charge in [-0.1, -0.05) is 84.9 Å². The highest BCUT2D eigenvalue weighted by atomic mass is 16.2. The number of primary amides is 1. The van der Waals surface area contributed by atoms with E-state index in [0.717, 1.165) is 16.7 Å². The molecule has 3 atom stereocenters. The van der Waals surface area contributed by atoms with Crippen LogP contribution in [0.5, 0.6) is 0 Å². The van der Waals surface area contributed by atoms with Gasteiger partial charge in [-0.05, 0) is 42.9 Å². The Hall–Kier alpha value is -5.19. The topological polar surface area (TPSA) is 216 Å². The van der Waals surface area contributed by atoms with Crippen LogP contribution in [0.4, 0.5) is 0 Å². The lowest BCUT2D eigenvalue weighted by Gasteiger charge is -2.32. The molecule has 0 bridgehead atoms. The fourth-order valence-corrected chi connectivity index (χ4v) is 4.77. The van der Waals surface area contributed by atoms with Crippen LogP contribution in [0.1, 0.15) is 42.0 Å². The molecule has 43 heavy (non-hydrogen) atoms. The van der Waals surface area contributed by atoms with E-state index in [0.29, 0.717) is 18.4 Å². The lowest BCUT2D eigenvalue weighted by atomic mass is 9.76. The number of hydrogen-bond acceptors (Lipinski definition) is 5. The number of amides is 3. The largest absolute Gasteiger partial charge is 0.384 e. The van der Waals surface area contributed by atoms with Crippen molar-refractivity contribution in [1.29, 1.82) is 5.41 Å². The first-order valence-corrected chi connectivity index (χ1v) is 14.0. The molecule has 3 amide bonds. The van der Waals surface area contributed by atoms with Crippen molar-refractivity contribution >= 4 is 29.5 Å². The summed E-state index contributed by atoms with van der Waals surface area (Å²) < 4.78 is 0. The van der Waals surface area contributed by atoms with Crippen molar-refractivity contribution in [2.45, 2.75) is 50.1 Å². The van der Waals surface area contributed by atoms with Gasteiger partial charge >= 0.3 is 0 Å². The summed E-state index contributed by atoms with van der Waals surface area (Å²) in [5, 5.41) is 13.4. The van der Waals surface area contributed by atoms with E-state index < -0.39 is 29.3 Å². The van der Waals surface area contributed by atoms with Gasteiger partial charge in [-0.3, -0.25) is 24.8 Å². The molecule has 0 fully saturated rings. The average Bonchev–Trinajstić information content (AvgIpc) is 2.99. The van der Waals surface area contributed by atoms with Crippen LogP contribution in [0.25, 0.3) is 0 Å². The number of aliphatic imine (C=N–C) groups is 1. The second-order valence-corrected chi connectivity index (χ2v) is 10.6. The number of amidine groups is 1. The molecule has 0 aliphatic rings. The maximum absolute atomic E-state index is 14.2. The maximum atomic E-state index is 14.2. The molecule has 226 valence electrons. The van der Waals surface area contributed by atoms with Crippen molar-refractivity contribution in [1.82, 2.24) is 10.6 Å². The summed E-state index contributed by atoms with van der Waals surface area (Å²) >= 11 is 0. The zero-order chi connectivity index (χ0) is 31.4. The van der Waals surface area contributed by atoms with Gasteiger partial charge < -0.3 is 33.6 Å². The summed E-state index contributed by atoms with van der Waals surface area (Å²) in [6.45, 7) is 2.10. The highest BCUT2D eigenvalue weighted by molar-refractivity contribution is 5.96. The number of carbonyl (C=O) groups excluding carboxylic acids is 3. The average molecular weight is 585 g/mol. The van der Waals surface area contributed by atoms with Gasteiger partial charge in [-0.2, -0.15) is 0 Å². The van der Waals surface area contributed by atoms with Crippen molar-refractivity contribution < 1.29 is 14.4 Å². The van der Waals surface area contributed by atoms with Crippen molar-refractivity contribution in [3.8, 4) is 0 Å². The normalized spacial score (nSPS) is 13.5. The summed E-state index contributed by atoms with van der Waals surface area (Å²) in [7, 11) is 0. The van der Waals surface area contributed by atoms with E-state index in [9.17, 15) is 14.4 Å². The molecule has 0 aliphatic heterocycles. The predicted molar refractivity (Wildman–Crippen MR) is 168 cm³/mol. The van der Waals surface area contributed by atoms with Crippen LogP contribution in [-0.4, -0.2) is 48.1 Å². The van der Waals surface area contributed by atoms with E-state index >= 15 is 0 Å². The molecule has 0 radical (unpaired) electrons. The second-order valence-electron chi connectivity index (χ2n) is 10.6. The van der Waals surface area contributed by atoms with E-state index in [2.05, 4.69) is 15.6 Å². The molecule has 0 saturated carbocycles. The van der Waals surface area contributed by atoms with E-state index in [1.807, 2.05) is 79.7 Å². The standard InChI is InChI=1S/C32H40N8O3/c1-32(24-11-6-3-7-12-24,20-22-14-16-23(17-15-22)27(33)34)30(43)40-26(19-21-9-4-2-5-10-21)29(42)39-25(28(35)41)13-8-18-38-31(36)37/h2-7,9-12,14-17,25-26H,8,13,18-20H2,1H3,(H3,33,34)(H2,35,41)(H,39,42)(H,40,43)(H4,36,37,38)/t25-,26-,32+/m0/s1. The molecule has 0 spiro atoms. The number of nitrogens with two attached hydrogens (primary N) is 4.